The van der Waals surface area contributed by atoms with E-state index in [2.05, 4.69) is 20.3 Å². The van der Waals surface area contributed by atoms with Crippen LogP contribution in [0.5, 0.6) is 0 Å². The fourth-order valence-electron chi connectivity index (χ4n) is 1.75. The Labute approximate surface area is 162 Å². The highest BCUT2D eigenvalue weighted by molar-refractivity contribution is 14.0. The molecule has 0 radical (unpaired) electrons. The standard InChI is InChI=1S/C14H21F3N4O2S.HI/c1-3-24(22,23)21-8-7-19-13(18-2)20-10-11-5-4-6-12(9-11)14(15,16)17;/h4-6,9,21H,3,7-8,10H2,1-2H3,(H2,18,19,20);1H. The Morgan fingerprint density at radius 2 is 1.88 bits per heavy atom. The van der Waals surface area contributed by atoms with Crippen LogP contribution in [-0.4, -0.2) is 40.3 Å². The number of halogens is 4. The maximum Gasteiger partial charge on any atom is 0.416 e. The largest absolute Gasteiger partial charge is 0.416 e. The van der Waals surface area contributed by atoms with Gasteiger partial charge in [0.2, 0.25) is 10.0 Å². The van der Waals surface area contributed by atoms with Gasteiger partial charge in [-0.05, 0) is 24.6 Å². The molecule has 0 aromatic heterocycles. The molecule has 0 unspecified atom stereocenters. The van der Waals surface area contributed by atoms with Gasteiger partial charge in [0, 0.05) is 26.7 Å². The minimum absolute atomic E-state index is 0. The Bertz CT molecular complexity index is 666. The second-order valence-electron chi connectivity index (χ2n) is 4.85. The molecule has 6 nitrogen and oxygen atoms in total. The lowest BCUT2D eigenvalue weighted by molar-refractivity contribution is -0.137. The normalized spacial score (nSPS) is 12.4. The van der Waals surface area contributed by atoms with Gasteiger partial charge in [-0.3, -0.25) is 4.99 Å². The van der Waals surface area contributed by atoms with Gasteiger partial charge in [-0.15, -0.1) is 24.0 Å². The topological polar surface area (TPSA) is 82.6 Å². The quantitative estimate of drug-likeness (QED) is 0.234. The van der Waals surface area contributed by atoms with Gasteiger partial charge in [0.1, 0.15) is 0 Å². The summed E-state index contributed by atoms with van der Waals surface area (Å²) < 4.78 is 62.9. The molecule has 0 fully saturated rings. The van der Waals surface area contributed by atoms with E-state index in [0.717, 1.165) is 12.1 Å². The van der Waals surface area contributed by atoms with E-state index in [1.54, 1.807) is 6.07 Å². The van der Waals surface area contributed by atoms with Crippen molar-refractivity contribution in [2.75, 3.05) is 25.9 Å². The third-order valence-electron chi connectivity index (χ3n) is 3.06. The summed E-state index contributed by atoms with van der Waals surface area (Å²) in [5.41, 5.74) is -0.252. The molecule has 11 heteroatoms. The summed E-state index contributed by atoms with van der Waals surface area (Å²) in [5.74, 6) is 0.360. The number of rotatable bonds is 7. The van der Waals surface area contributed by atoms with Crippen LogP contribution in [0.25, 0.3) is 0 Å². The van der Waals surface area contributed by atoms with Crippen molar-refractivity contribution in [2.24, 2.45) is 4.99 Å². The number of hydrogen-bond donors (Lipinski definition) is 3. The summed E-state index contributed by atoms with van der Waals surface area (Å²) in [6.45, 7) is 2.16. The molecule has 0 saturated carbocycles. The summed E-state index contributed by atoms with van der Waals surface area (Å²) in [5, 5.41) is 5.74. The van der Waals surface area contributed by atoms with Crippen LogP contribution in [0.4, 0.5) is 13.2 Å². The van der Waals surface area contributed by atoms with Gasteiger partial charge < -0.3 is 10.6 Å². The van der Waals surface area contributed by atoms with Gasteiger partial charge in [0.05, 0.1) is 11.3 Å². The number of benzene rings is 1. The molecule has 0 aliphatic rings. The van der Waals surface area contributed by atoms with Gasteiger partial charge in [0.15, 0.2) is 5.96 Å². The van der Waals surface area contributed by atoms with Crippen LogP contribution >= 0.6 is 24.0 Å². The first-order valence-corrected chi connectivity index (χ1v) is 8.91. The van der Waals surface area contributed by atoms with Gasteiger partial charge in [-0.1, -0.05) is 12.1 Å². The first-order chi connectivity index (χ1) is 11.2. The van der Waals surface area contributed by atoms with Crippen LogP contribution in [0.1, 0.15) is 18.1 Å². The molecule has 25 heavy (non-hydrogen) atoms. The third-order valence-corrected chi connectivity index (χ3v) is 4.46. The maximum absolute atomic E-state index is 12.7. The smallest absolute Gasteiger partial charge is 0.355 e. The molecule has 0 heterocycles. The second kappa shape index (κ2) is 10.8. The summed E-state index contributed by atoms with van der Waals surface area (Å²) in [6.07, 6.45) is -4.38. The Kier molecular flexibility index (Phi) is 10.3. The average molecular weight is 494 g/mol. The molecule has 144 valence electrons. The van der Waals surface area contributed by atoms with E-state index in [4.69, 9.17) is 0 Å². The first kappa shape index (κ1) is 23.9. The number of guanidine groups is 1. The van der Waals surface area contributed by atoms with Crippen molar-refractivity contribution in [3.8, 4) is 0 Å². The summed E-state index contributed by atoms with van der Waals surface area (Å²) in [7, 11) is -1.74. The van der Waals surface area contributed by atoms with Crippen LogP contribution in [-0.2, 0) is 22.7 Å². The molecular weight excluding hydrogens is 472 g/mol. The zero-order valence-electron chi connectivity index (χ0n) is 13.9. The van der Waals surface area contributed by atoms with Crippen LogP contribution < -0.4 is 15.4 Å². The SMILES string of the molecule is CCS(=O)(=O)NCCNC(=NC)NCc1cccc(C(F)(F)F)c1.I. The first-order valence-electron chi connectivity index (χ1n) is 7.26. The number of aliphatic imine (C=N–C) groups is 1. The summed E-state index contributed by atoms with van der Waals surface area (Å²) in [6, 6.07) is 4.99. The minimum atomic E-state index is -4.38. The van der Waals surface area contributed by atoms with Gasteiger partial charge in [-0.2, -0.15) is 13.2 Å². The second-order valence-corrected chi connectivity index (χ2v) is 6.94. The van der Waals surface area contributed by atoms with Crippen LogP contribution in [0.15, 0.2) is 29.3 Å². The highest BCUT2D eigenvalue weighted by atomic mass is 127. The molecule has 3 N–H and O–H groups in total. The molecule has 0 aliphatic carbocycles. The van der Waals surface area contributed by atoms with E-state index in [-0.39, 0.29) is 42.8 Å². The van der Waals surface area contributed by atoms with Crippen molar-refractivity contribution in [1.29, 1.82) is 0 Å². The Hall–Kier alpha value is -1.08. The van der Waals surface area contributed by atoms with Crippen molar-refractivity contribution in [2.45, 2.75) is 19.6 Å². The maximum atomic E-state index is 12.7. The molecule has 0 spiro atoms. The monoisotopic (exact) mass is 494 g/mol. The third kappa shape index (κ3) is 9.26. The van der Waals surface area contributed by atoms with Crippen molar-refractivity contribution in [3.63, 3.8) is 0 Å². The molecule has 0 amide bonds. The molecule has 0 aliphatic heterocycles. The van der Waals surface area contributed by atoms with Crippen LogP contribution in [0.2, 0.25) is 0 Å². The predicted molar refractivity (Wildman–Crippen MR) is 103 cm³/mol. The number of sulfonamides is 1. The number of alkyl halides is 3. The fourth-order valence-corrected chi connectivity index (χ4v) is 2.37. The van der Waals surface area contributed by atoms with Gasteiger partial charge >= 0.3 is 6.18 Å². The summed E-state index contributed by atoms with van der Waals surface area (Å²) >= 11 is 0. The lowest BCUT2D eigenvalue weighted by atomic mass is 10.1. The number of hydrogen-bond acceptors (Lipinski definition) is 3. The van der Waals surface area contributed by atoms with E-state index < -0.39 is 21.8 Å². The van der Waals surface area contributed by atoms with Gasteiger partial charge in [-0.25, -0.2) is 13.1 Å². The molecule has 1 rings (SSSR count). The van der Waals surface area contributed by atoms with E-state index in [1.807, 2.05) is 0 Å². The zero-order valence-corrected chi connectivity index (χ0v) is 17.0. The molecular formula is C14H22F3IN4O2S. The van der Waals surface area contributed by atoms with Crippen LogP contribution in [0.3, 0.4) is 0 Å². The lowest BCUT2D eigenvalue weighted by Crippen LogP contribution is -2.41. The lowest BCUT2D eigenvalue weighted by Gasteiger charge is -2.13. The fraction of sp³-hybridized carbons (Fsp3) is 0.500. The van der Waals surface area contributed by atoms with Gasteiger partial charge in [0.25, 0.3) is 0 Å². The van der Waals surface area contributed by atoms with Crippen molar-refractivity contribution < 1.29 is 21.6 Å². The van der Waals surface area contributed by atoms with Crippen molar-refractivity contribution in [3.05, 3.63) is 35.4 Å². The Balaban J connectivity index is 0.00000576. The molecule has 0 saturated heterocycles. The number of nitrogens with zero attached hydrogens (tertiary/aromatic N) is 1. The van der Waals surface area contributed by atoms with E-state index in [9.17, 15) is 21.6 Å². The zero-order chi connectivity index (χ0) is 18.2. The number of nitrogens with one attached hydrogen (secondary N) is 3. The van der Waals surface area contributed by atoms with Crippen molar-refractivity contribution in [1.82, 2.24) is 15.4 Å². The average Bonchev–Trinajstić information content (AvgIpc) is 2.53. The Morgan fingerprint density at radius 3 is 2.44 bits per heavy atom. The molecule has 1 aromatic carbocycles. The molecule has 0 bridgehead atoms. The van der Waals surface area contributed by atoms with Crippen molar-refractivity contribution >= 4 is 40.0 Å². The van der Waals surface area contributed by atoms with E-state index >= 15 is 0 Å². The highest BCUT2D eigenvalue weighted by Gasteiger charge is 2.30. The molecule has 0 atom stereocenters. The Morgan fingerprint density at radius 1 is 1.20 bits per heavy atom. The predicted octanol–water partition coefficient (Wildman–Crippen LogP) is 1.93. The summed E-state index contributed by atoms with van der Waals surface area (Å²) in [4.78, 5) is 3.92. The highest BCUT2D eigenvalue weighted by Crippen LogP contribution is 2.29. The molecule has 1 aromatic rings. The minimum Gasteiger partial charge on any atom is -0.355 e. The van der Waals surface area contributed by atoms with E-state index in [0.29, 0.717) is 18.1 Å². The van der Waals surface area contributed by atoms with E-state index in [1.165, 1.54) is 20.0 Å². The van der Waals surface area contributed by atoms with Crippen LogP contribution in [0, 0.1) is 0 Å².